The molecule has 0 atom stereocenters. The zero-order chi connectivity index (χ0) is 12.6. The second-order valence-electron chi connectivity index (χ2n) is 6.28. The van der Waals surface area contributed by atoms with E-state index in [0.717, 1.165) is 5.88 Å². The highest BCUT2D eigenvalue weighted by Crippen LogP contribution is 2.09. The summed E-state index contributed by atoms with van der Waals surface area (Å²) >= 11 is 0. The van der Waals surface area contributed by atoms with Crippen molar-refractivity contribution in [3.05, 3.63) is 12.1 Å². The molecule has 1 aromatic rings. The number of hydrogen-bond donors (Lipinski definition) is 0. The van der Waals surface area contributed by atoms with E-state index in [-0.39, 0.29) is 0 Å². The first-order valence-electron chi connectivity index (χ1n) is 5.71. The van der Waals surface area contributed by atoms with Crippen LogP contribution in [0.5, 0.6) is 5.88 Å². The lowest BCUT2D eigenvalue weighted by molar-refractivity contribution is 0.399. The van der Waals surface area contributed by atoms with Crippen LogP contribution in [0.1, 0.15) is 0 Å². The highest BCUT2D eigenvalue weighted by Gasteiger charge is 2.24. The van der Waals surface area contributed by atoms with E-state index in [1.807, 2.05) is 0 Å². The summed E-state index contributed by atoms with van der Waals surface area (Å²) in [5.74, 6) is 0.775. The predicted octanol–water partition coefficient (Wildman–Crippen LogP) is 2.18. The van der Waals surface area contributed by atoms with E-state index in [2.05, 4.69) is 56.4 Å². The molecule has 0 aliphatic rings. The summed E-state index contributed by atoms with van der Waals surface area (Å²) in [7, 11) is -0.950. The molecule has 1 aromatic heterocycles. The topological polar surface area (TPSA) is 22.1 Å². The highest BCUT2D eigenvalue weighted by molar-refractivity contribution is 6.91. The van der Waals surface area contributed by atoms with Crippen LogP contribution >= 0.6 is 0 Å². The molecule has 2 nitrogen and oxygen atoms in total. The summed E-state index contributed by atoms with van der Waals surface area (Å²) in [5, 5.41) is 2.70. The molecule has 0 saturated heterocycles. The molecule has 0 aromatic carbocycles. The van der Waals surface area contributed by atoms with Gasteiger partial charge in [0.25, 0.3) is 0 Å². The molecule has 0 bridgehead atoms. The summed E-state index contributed by atoms with van der Waals surface area (Å²) in [6.07, 6.45) is 0. The lowest BCUT2D eigenvalue weighted by Gasteiger charge is -2.22. The Hall–Kier alpha value is -0.616. The van der Waals surface area contributed by atoms with Gasteiger partial charge in [0.05, 0.1) is 15.2 Å². The smallest absolute Gasteiger partial charge is 0.212 e. The van der Waals surface area contributed by atoms with Gasteiger partial charge in [0.1, 0.15) is 8.07 Å². The lowest BCUT2D eigenvalue weighted by Crippen LogP contribution is -2.46. The third-order valence-corrected chi connectivity index (χ3v) is 6.46. The normalized spacial score (nSPS) is 12.7. The van der Waals surface area contributed by atoms with Crippen LogP contribution in [-0.2, 0) is 0 Å². The number of ether oxygens (including phenoxy) is 1. The van der Waals surface area contributed by atoms with E-state index < -0.39 is 16.1 Å². The van der Waals surface area contributed by atoms with E-state index in [1.165, 1.54) is 10.5 Å². The van der Waals surface area contributed by atoms with E-state index in [4.69, 9.17) is 4.74 Å². The van der Waals surface area contributed by atoms with Crippen LogP contribution in [-0.4, -0.2) is 28.2 Å². The Morgan fingerprint density at radius 1 is 0.938 bits per heavy atom. The predicted molar refractivity (Wildman–Crippen MR) is 76.7 cm³/mol. The average Bonchev–Trinajstić information content (AvgIpc) is 2.14. The summed E-state index contributed by atoms with van der Waals surface area (Å²) in [5.41, 5.74) is 0. The van der Waals surface area contributed by atoms with Crippen molar-refractivity contribution in [3.8, 4) is 5.88 Å². The first kappa shape index (κ1) is 13.4. The molecule has 90 valence electrons. The molecule has 0 saturated carbocycles. The Labute approximate surface area is 101 Å². The van der Waals surface area contributed by atoms with Crippen molar-refractivity contribution in [3.63, 3.8) is 0 Å². The molecule has 0 amide bonds. The summed E-state index contributed by atoms with van der Waals surface area (Å²) < 4.78 is 5.32. The van der Waals surface area contributed by atoms with Crippen LogP contribution in [0.2, 0.25) is 39.3 Å². The summed E-state index contributed by atoms with van der Waals surface area (Å²) in [6, 6.07) is 4.41. The molecule has 0 fully saturated rings. The van der Waals surface area contributed by atoms with Gasteiger partial charge in [0.2, 0.25) is 5.88 Å². The van der Waals surface area contributed by atoms with Crippen molar-refractivity contribution >= 4 is 26.7 Å². The van der Waals surface area contributed by atoms with Gasteiger partial charge in [0, 0.05) is 5.32 Å². The fraction of sp³-hybridized carbons (Fsp3) is 0.583. The number of aromatic nitrogens is 1. The van der Waals surface area contributed by atoms with Gasteiger partial charge in [-0.3, -0.25) is 0 Å². The second kappa shape index (κ2) is 4.33. The van der Waals surface area contributed by atoms with Crippen LogP contribution < -0.4 is 15.2 Å². The minimum atomic E-state index is -1.36. The number of nitrogens with zero attached hydrogens (tertiary/aromatic N) is 1. The number of hydrogen-bond acceptors (Lipinski definition) is 2. The molecule has 1 heterocycles. The standard InChI is InChI=1S/C12H23NOSi2/c1-14-11-8-10(15(2,3)4)9-12(13-11)16(5,6)7/h8-9H,1-7H3. The number of methoxy groups -OCH3 is 1. The zero-order valence-electron chi connectivity index (χ0n) is 11.5. The monoisotopic (exact) mass is 253 g/mol. The Bertz CT molecular complexity index is 345. The summed E-state index contributed by atoms with van der Waals surface area (Å²) in [6.45, 7) is 14.0. The molecule has 0 N–H and O–H groups in total. The molecule has 0 aliphatic heterocycles. The molecule has 0 aliphatic carbocycles. The minimum absolute atomic E-state index is 0.775. The fourth-order valence-corrected chi connectivity index (χ4v) is 3.73. The molecular weight excluding hydrogens is 230 g/mol. The van der Waals surface area contributed by atoms with Gasteiger partial charge < -0.3 is 4.74 Å². The zero-order valence-corrected chi connectivity index (χ0v) is 13.5. The van der Waals surface area contributed by atoms with E-state index in [1.54, 1.807) is 7.11 Å². The van der Waals surface area contributed by atoms with Gasteiger partial charge in [0.15, 0.2) is 0 Å². The maximum Gasteiger partial charge on any atom is 0.212 e. The maximum atomic E-state index is 5.32. The van der Waals surface area contributed by atoms with Crippen molar-refractivity contribution in [1.29, 1.82) is 0 Å². The average molecular weight is 253 g/mol. The molecule has 0 radical (unpaired) electrons. The lowest BCUT2D eigenvalue weighted by atomic mass is 10.5. The molecule has 0 spiro atoms. The van der Waals surface area contributed by atoms with Crippen LogP contribution in [0.4, 0.5) is 0 Å². The van der Waals surface area contributed by atoms with E-state index >= 15 is 0 Å². The van der Waals surface area contributed by atoms with Crippen LogP contribution in [0.15, 0.2) is 12.1 Å². The number of pyridine rings is 1. The molecule has 16 heavy (non-hydrogen) atoms. The highest BCUT2D eigenvalue weighted by atomic mass is 28.3. The Balaban J connectivity index is 3.33. The Morgan fingerprint density at radius 3 is 1.88 bits per heavy atom. The van der Waals surface area contributed by atoms with Gasteiger partial charge in [-0.1, -0.05) is 44.5 Å². The Morgan fingerprint density at radius 2 is 1.50 bits per heavy atom. The van der Waals surface area contributed by atoms with Crippen molar-refractivity contribution in [2.45, 2.75) is 39.3 Å². The SMILES string of the molecule is COc1cc([Si](C)(C)C)cc([Si](C)(C)C)n1. The van der Waals surface area contributed by atoms with Gasteiger partial charge in [-0.2, -0.15) is 0 Å². The third kappa shape index (κ3) is 3.19. The van der Waals surface area contributed by atoms with E-state index in [9.17, 15) is 0 Å². The molecule has 0 unspecified atom stereocenters. The largest absolute Gasteiger partial charge is 0.481 e. The first-order chi connectivity index (χ1) is 7.14. The van der Waals surface area contributed by atoms with Gasteiger partial charge in [-0.05, 0) is 12.1 Å². The van der Waals surface area contributed by atoms with Crippen LogP contribution in [0.3, 0.4) is 0 Å². The quantitative estimate of drug-likeness (QED) is 0.770. The van der Waals surface area contributed by atoms with Crippen molar-refractivity contribution in [1.82, 2.24) is 4.98 Å². The van der Waals surface area contributed by atoms with Crippen LogP contribution in [0, 0.1) is 0 Å². The van der Waals surface area contributed by atoms with Gasteiger partial charge in [-0.15, -0.1) is 0 Å². The second-order valence-corrected chi connectivity index (χ2v) is 16.4. The fourth-order valence-electron chi connectivity index (χ4n) is 1.43. The van der Waals surface area contributed by atoms with Crippen LogP contribution in [0.25, 0.3) is 0 Å². The Kier molecular flexibility index (Phi) is 3.64. The molecule has 4 heteroatoms. The first-order valence-corrected chi connectivity index (χ1v) is 12.7. The van der Waals surface area contributed by atoms with Gasteiger partial charge in [-0.25, -0.2) is 4.98 Å². The number of rotatable bonds is 3. The maximum absolute atomic E-state index is 5.32. The minimum Gasteiger partial charge on any atom is -0.481 e. The third-order valence-electron chi connectivity index (χ3n) is 2.65. The van der Waals surface area contributed by atoms with E-state index in [0.29, 0.717) is 0 Å². The summed E-state index contributed by atoms with van der Waals surface area (Å²) in [4.78, 5) is 4.60. The molecule has 1 rings (SSSR count). The van der Waals surface area contributed by atoms with Crippen molar-refractivity contribution < 1.29 is 4.74 Å². The van der Waals surface area contributed by atoms with Crippen molar-refractivity contribution in [2.75, 3.05) is 7.11 Å². The molecular formula is C12H23NOSi2. The van der Waals surface area contributed by atoms with Gasteiger partial charge >= 0.3 is 0 Å². The van der Waals surface area contributed by atoms with Crippen molar-refractivity contribution in [2.24, 2.45) is 0 Å².